The summed E-state index contributed by atoms with van der Waals surface area (Å²) in [6, 6.07) is 14.7. The van der Waals surface area contributed by atoms with Crippen molar-refractivity contribution in [3.8, 4) is 11.3 Å². The van der Waals surface area contributed by atoms with E-state index in [4.69, 9.17) is 16.0 Å². The molecule has 2 aromatic heterocycles. The average Bonchev–Trinajstić information content (AvgIpc) is 3.49. The summed E-state index contributed by atoms with van der Waals surface area (Å²) in [6.45, 7) is 0.323. The highest BCUT2D eigenvalue weighted by molar-refractivity contribution is 6.33. The molecule has 0 aliphatic heterocycles. The number of non-ortho nitro benzene ring substituents is 2. The predicted molar refractivity (Wildman–Crippen MR) is 125 cm³/mol. The molecule has 0 atom stereocenters. The van der Waals surface area contributed by atoms with Gasteiger partial charge >= 0.3 is 0 Å². The van der Waals surface area contributed by atoms with E-state index < -0.39 is 15.8 Å². The van der Waals surface area contributed by atoms with Gasteiger partial charge in [0, 0.05) is 36.0 Å². The average molecular weight is 495 g/mol. The molecule has 176 valence electrons. The molecule has 0 saturated carbocycles. The number of amides is 1. The molecule has 0 saturated heterocycles. The molecule has 1 amide bonds. The van der Waals surface area contributed by atoms with Gasteiger partial charge < -0.3 is 4.42 Å². The molecule has 2 heterocycles. The molecule has 0 aliphatic rings. The molecular weight excluding hydrogens is 480 g/mol. The summed E-state index contributed by atoms with van der Waals surface area (Å²) in [4.78, 5) is 33.0. The van der Waals surface area contributed by atoms with Crippen molar-refractivity contribution < 1.29 is 19.1 Å². The number of hydrazone groups is 1. The van der Waals surface area contributed by atoms with E-state index in [2.05, 4.69) is 15.6 Å². The van der Waals surface area contributed by atoms with Gasteiger partial charge in [-0.25, -0.2) is 5.43 Å². The lowest BCUT2D eigenvalue weighted by molar-refractivity contribution is -0.385. The van der Waals surface area contributed by atoms with Crippen LogP contribution in [0.25, 0.3) is 11.3 Å². The maximum absolute atomic E-state index is 12.3. The minimum Gasteiger partial charge on any atom is -0.455 e. The summed E-state index contributed by atoms with van der Waals surface area (Å²) >= 11 is 6.12. The fourth-order valence-electron chi connectivity index (χ4n) is 3.08. The van der Waals surface area contributed by atoms with Gasteiger partial charge in [0.05, 0.1) is 27.6 Å². The number of nitrogens with one attached hydrogen (secondary N) is 1. The SMILES string of the molecule is O=C(NN=Cc1ccc(-c2cc([N+](=O)[O-])ccc2Cl)o1)c1ccn(Cc2ccc([N+](=O)[O-])cc2)n1. The van der Waals surface area contributed by atoms with E-state index in [1.165, 1.54) is 47.3 Å². The van der Waals surface area contributed by atoms with Gasteiger partial charge in [-0.1, -0.05) is 23.7 Å². The zero-order valence-corrected chi connectivity index (χ0v) is 18.5. The topological polar surface area (TPSA) is 159 Å². The number of nitrogens with zero attached hydrogens (tertiary/aromatic N) is 5. The van der Waals surface area contributed by atoms with Crippen molar-refractivity contribution in [2.45, 2.75) is 6.54 Å². The van der Waals surface area contributed by atoms with Crippen LogP contribution < -0.4 is 5.43 Å². The molecular formula is C22H15ClN6O6. The van der Waals surface area contributed by atoms with Crippen LogP contribution in [0.15, 0.2) is 76.4 Å². The minimum absolute atomic E-state index is 0.0102. The standard InChI is InChI=1S/C22H15ClN6O6/c23-19-7-5-16(29(33)34)11-18(19)21-8-6-17(35-21)12-24-25-22(30)20-9-10-27(26-20)13-14-1-3-15(4-2-14)28(31)32/h1-12H,13H2,(H,25,30). The number of aromatic nitrogens is 2. The van der Waals surface area contributed by atoms with Gasteiger partial charge in [-0.15, -0.1) is 0 Å². The van der Waals surface area contributed by atoms with Gasteiger partial charge in [-0.05, 0) is 29.8 Å². The Balaban J connectivity index is 1.37. The number of rotatable bonds is 8. The van der Waals surface area contributed by atoms with Gasteiger partial charge in [-0.2, -0.15) is 10.2 Å². The Morgan fingerprint density at radius 1 is 1.06 bits per heavy atom. The number of carbonyl (C=O) groups is 1. The molecule has 1 N–H and O–H groups in total. The van der Waals surface area contributed by atoms with Crippen LogP contribution >= 0.6 is 11.6 Å². The van der Waals surface area contributed by atoms with E-state index in [0.717, 1.165) is 5.56 Å². The summed E-state index contributed by atoms with van der Waals surface area (Å²) in [5.41, 5.74) is 3.44. The van der Waals surface area contributed by atoms with Crippen molar-refractivity contribution in [3.05, 3.63) is 109 Å². The first kappa shape index (κ1) is 23.3. The number of halogens is 1. The van der Waals surface area contributed by atoms with E-state index in [-0.39, 0.29) is 27.9 Å². The fourth-order valence-corrected chi connectivity index (χ4v) is 3.29. The molecule has 0 aliphatic carbocycles. The summed E-state index contributed by atoms with van der Waals surface area (Å²) in [5, 5.41) is 30.0. The smallest absolute Gasteiger partial charge is 0.291 e. The van der Waals surface area contributed by atoms with Gasteiger partial charge in [0.2, 0.25) is 0 Å². The molecule has 4 aromatic rings. The first-order valence-electron chi connectivity index (χ1n) is 9.94. The molecule has 12 nitrogen and oxygen atoms in total. The monoisotopic (exact) mass is 494 g/mol. The van der Waals surface area contributed by atoms with Crippen LogP contribution in [0.4, 0.5) is 11.4 Å². The highest BCUT2D eigenvalue weighted by atomic mass is 35.5. The summed E-state index contributed by atoms with van der Waals surface area (Å²) in [5.74, 6) is 0.0280. The van der Waals surface area contributed by atoms with Crippen molar-refractivity contribution in [1.82, 2.24) is 15.2 Å². The van der Waals surface area contributed by atoms with Gasteiger partial charge in [0.25, 0.3) is 17.3 Å². The second kappa shape index (κ2) is 9.97. The Morgan fingerprint density at radius 3 is 2.49 bits per heavy atom. The first-order valence-corrected chi connectivity index (χ1v) is 10.3. The number of hydrogen-bond donors (Lipinski definition) is 1. The van der Waals surface area contributed by atoms with Crippen LogP contribution in [0.3, 0.4) is 0 Å². The molecule has 0 radical (unpaired) electrons. The maximum atomic E-state index is 12.3. The molecule has 0 unspecified atom stereocenters. The fraction of sp³-hybridized carbons (Fsp3) is 0.0455. The summed E-state index contributed by atoms with van der Waals surface area (Å²) in [6.07, 6.45) is 2.86. The predicted octanol–water partition coefficient (Wildman–Crippen LogP) is 4.43. The normalized spacial score (nSPS) is 11.0. The zero-order chi connectivity index (χ0) is 24.9. The number of hydrogen-bond acceptors (Lipinski definition) is 8. The molecule has 35 heavy (non-hydrogen) atoms. The minimum atomic E-state index is -0.558. The third-order valence-corrected chi connectivity index (χ3v) is 5.11. The van der Waals surface area contributed by atoms with Crippen LogP contribution in [0.5, 0.6) is 0 Å². The Hall–Kier alpha value is -4.84. The third kappa shape index (κ3) is 5.57. The van der Waals surface area contributed by atoms with Crippen molar-refractivity contribution in [1.29, 1.82) is 0 Å². The van der Waals surface area contributed by atoms with Crippen molar-refractivity contribution in [3.63, 3.8) is 0 Å². The lowest BCUT2D eigenvalue weighted by Crippen LogP contribution is -2.18. The Bertz CT molecular complexity index is 1440. The Morgan fingerprint density at radius 2 is 1.77 bits per heavy atom. The second-order valence-electron chi connectivity index (χ2n) is 7.14. The van der Waals surface area contributed by atoms with Crippen LogP contribution in [-0.4, -0.2) is 31.7 Å². The van der Waals surface area contributed by atoms with Gasteiger partial charge in [0.15, 0.2) is 5.69 Å². The van der Waals surface area contributed by atoms with E-state index in [1.54, 1.807) is 30.5 Å². The number of carbonyl (C=O) groups excluding carboxylic acids is 1. The van der Waals surface area contributed by atoms with Crippen molar-refractivity contribution in [2.75, 3.05) is 0 Å². The highest BCUT2D eigenvalue weighted by Gasteiger charge is 2.14. The summed E-state index contributed by atoms with van der Waals surface area (Å²) < 4.78 is 7.11. The van der Waals surface area contributed by atoms with Gasteiger partial charge in [0.1, 0.15) is 11.5 Å². The Labute approximate surface area is 201 Å². The number of nitro benzene ring substituents is 2. The summed E-state index contributed by atoms with van der Waals surface area (Å²) in [7, 11) is 0. The van der Waals surface area contributed by atoms with E-state index in [1.807, 2.05) is 0 Å². The lowest BCUT2D eigenvalue weighted by atomic mass is 10.1. The van der Waals surface area contributed by atoms with E-state index in [0.29, 0.717) is 17.9 Å². The molecule has 13 heteroatoms. The molecule has 4 rings (SSSR count). The molecule has 2 aromatic carbocycles. The highest BCUT2D eigenvalue weighted by Crippen LogP contribution is 2.32. The van der Waals surface area contributed by atoms with Crippen LogP contribution in [0.1, 0.15) is 21.8 Å². The quantitative estimate of drug-likeness (QED) is 0.215. The number of benzene rings is 2. The molecule has 0 spiro atoms. The van der Waals surface area contributed by atoms with Crippen molar-refractivity contribution >= 4 is 35.1 Å². The Kier molecular flexibility index (Phi) is 6.64. The van der Waals surface area contributed by atoms with Crippen molar-refractivity contribution in [2.24, 2.45) is 5.10 Å². The molecule has 0 fully saturated rings. The third-order valence-electron chi connectivity index (χ3n) is 4.78. The zero-order valence-electron chi connectivity index (χ0n) is 17.7. The lowest BCUT2D eigenvalue weighted by Gasteiger charge is -2.01. The maximum Gasteiger partial charge on any atom is 0.291 e. The number of furan rings is 1. The van der Waals surface area contributed by atoms with Gasteiger partial charge in [-0.3, -0.25) is 29.7 Å². The number of nitro groups is 2. The van der Waals surface area contributed by atoms with E-state index >= 15 is 0 Å². The van der Waals surface area contributed by atoms with Crippen LogP contribution in [0.2, 0.25) is 5.02 Å². The second-order valence-corrected chi connectivity index (χ2v) is 7.55. The van der Waals surface area contributed by atoms with E-state index in [9.17, 15) is 25.0 Å². The largest absolute Gasteiger partial charge is 0.455 e. The first-order chi connectivity index (χ1) is 16.8. The molecule has 0 bridgehead atoms. The van der Waals surface area contributed by atoms with Crippen LogP contribution in [-0.2, 0) is 6.54 Å². The van der Waals surface area contributed by atoms with Crippen LogP contribution in [0, 0.1) is 20.2 Å².